The first-order valence-electron chi connectivity index (χ1n) is 11.9. The van der Waals surface area contributed by atoms with E-state index in [2.05, 4.69) is 15.6 Å². The summed E-state index contributed by atoms with van der Waals surface area (Å²) in [6.45, 7) is 6.47. The molecular weight excluding hydrogens is 477 g/mol. The molecule has 0 saturated heterocycles. The van der Waals surface area contributed by atoms with E-state index in [0.29, 0.717) is 16.8 Å². The van der Waals surface area contributed by atoms with E-state index >= 15 is 0 Å². The number of rotatable bonds is 6. The first-order valence-corrected chi connectivity index (χ1v) is 11.9. The molecule has 1 atom stereocenters. The van der Waals surface area contributed by atoms with Gasteiger partial charge in [-0.1, -0.05) is 56.3 Å². The van der Waals surface area contributed by atoms with Crippen molar-refractivity contribution in [2.75, 3.05) is 13.2 Å². The zero-order valence-electron chi connectivity index (χ0n) is 21.1. The van der Waals surface area contributed by atoms with Crippen molar-refractivity contribution in [1.82, 2.24) is 15.6 Å². The summed E-state index contributed by atoms with van der Waals surface area (Å²) in [5.41, 5.74) is 0.934. The smallest absolute Gasteiger partial charge is 0.321 e. The van der Waals surface area contributed by atoms with Crippen LogP contribution in [0.2, 0.25) is 0 Å². The van der Waals surface area contributed by atoms with Gasteiger partial charge < -0.3 is 20.3 Å². The summed E-state index contributed by atoms with van der Waals surface area (Å²) in [7, 11) is 0. The number of ether oxygens (including phenoxy) is 1. The van der Waals surface area contributed by atoms with Gasteiger partial charge in [-0.15, -0.1) is 0 Å². The SMILES string of the molecule is CC(C)(O)c1ccc(-c2ccc3c(n2)Oc2c(F)cccc2[C@@H]3C(C)(C)C(=O)NC(=O)NCCO)cc1. The molecule has 1 aliphatic rings. The summed E-state index contributed by atoms with van der Waals surface area (Å²) in [4.78, 5) is 30.0. The van der Waals surface area contributed by atoms with Crippen LogP contribution in [0, 0.1) is 11.2 Å². The number of carbonyl (C=O) groups excluding carboxylic acids is 2. The second-order valence-electron chi connectivity index (χ2n) is 10.1. The molecule has 0 spiro atoms. The van der Waals surface area contributed by atoms with Crippen LogP contribution in [-0.2, 0) is 10.4 Å². The Hall–Kier alpha value is -3.82. The molecule has 1 aromatic heterocycles. The van der Waals surface area contributed by atoms with Crippen LogP contribution < -0.4 is 15.4 Å². The molecule has 1 aliphatic heterocycles. The van der Waals surface area contributed by atoms with Gasteiger partial charge in [0.2, 0.25) is 11.8 Å². The van der Waals surface area contributed by atoms with Gasteiger partial charge in [-0.3, -0.25) is 10.1 Å². The highest BCUT2D eigenvalue weighted by Crippen LogP contribution is 2.52. The number of hydrogen-bond acceptors (Lipinski definition) is 6. The summed E-state index contributed by atoms with van der Waals surface area (Å²) in [6.07, 6.45) is 0. The Kier molecular flexibility index (Phi) is 7.03. The maximum Gasteiger partial charge on any atom is 0.321 e. The van der Waals surface area contributed by atoms with Crippen LogP contribution >= 0.6 is 0 Å². The monoisotopic (exact) mass is 507 g/mol. The van der Waals surface area contributed by atoms with Gasteiger partial charge in [-0.05, 0) is 31.5 Å². The van der Waals surface area contributed by atoms with Crippen molar-refractivity contribution in [3.05, 3.63) is 77.1 Å². The van der Waals surface area contributed by atoms with Crippen molar-refractivity contribution in [3.63, 3.8) is 0 Å². The minimum atomic E-state index is -1.21. The Bertz CT molecular complexity index is 1330. The second-order valence-corrected chi connectivity index (χ2v) is 10.1. The number of carbonyl (C=O) groups is 2. The van der Waals surface area contributed by atoms with E-state index < -0.39 is 34.7 Å². The van der Waals surface area contributed by atoms with Crippen molar-refractivity contribution in [1.29, 1.82) is 0 Å². The largest absolute Gasteiger partial charge is 0.435 e. The zero-order valence-corrected chi connectivity index (χ0v) is 21.1. The number of aliphatic hydroxyl groups excluding tert-OH is 1. The van der Waals surface area contributed by atoms with Gasteiger partial charge in [0.25, 0.3) is 0 Å². The fraction of sp³-hybridized carbons (Fsp3) is 0.321. The van der Waals surface area contributed by atoms with Crippen molar-refractivity contribution >= 4 is 11.9 Å². The molecular formula is C28H30FN3O5. The minimum Gasteiger partial charge on any atom is -0.435 e. The van der Waals surface area contributed by atoms with Gasteiger partial charge in [-0.2, -0.15) is 0 Å². The molecule has 4 rings (SSSR count). The number of benzene rings is 2. The lowest BCUT2D eigenvalue weighted by Crippen LogP contribution is -2.48. The molecule has 9 heteroatoms. The van der Waals surface area contributed by atoms with Gasteiger partial charge in [-0.25, -0.2) is 14.2 Å². The highest BCUT2D eigenvalue weighted by atomic mass is 19.1. The minimum absolute atomic E-state index is 0.00281. The van der Waals surface area contributed by atoms with Crippen LogP contribution in [0.3, 0.4) is 0 Å². The highest BCUT2D eigenvalue weighted by molar-refractivity contribution is 5.98. The number of aromatic nitrogens is 1. The van der Waals surface area contributed by atoms with E-state index in [1.165, 1.54) is 6.07 Å². The molecule has 0 fully saturated rings. The van der Waals surface area contributed by atoms with E-state index in [-0.39, 0.29) is 24.8 Å². The predicted molar refractivity (Wildman–Crippen MR) is 136 cm³/mol. The third-order valence-corrected chi connectivity index (χ3v) is 6.53. The molecule has 2 heterocycles. The number of fused-ring (bicyclic) bond motifs is 2. The molecule has 194 valence electrons. The molecule has 0 radical (unpaired) electrons. The fourth-order valence-corrected chi connectivity index (χ4v) is 4.47. The Morgan fingerprint density at radius 3 is 2.38 bits per heavy atom. The Morgan fingerprint density at radius 1 is 1.03 bits per heavy atom. The van der Waals surface area contributed by atoms with Gasteiger partial charge >= 0.3 is 6.03 Å². The lowest BCUT2D eigenvalue weighted by Gasteiger charge is -2.37. The summed E-state index contributed by atoms with van der Waals surface area (Å²) >= 11 is 0. The van der Waals surface area contributed by atoms with E-state index in [4.69, 9.17) is 9.84 Å². The Balaban J connectivity index is 1.75. The molecule has 0 bridgehead atoms. The average molecular weight is 508 g/mol. The van der Waals surface area contributed by atoms with Gasteiger partial charge in [0.15, 0.2) is 11.6 Å². The number of aliphatic hydroxyl groups is 2. The molecule has 0 aliphatic carbocycles. The van der Waals surface area contributed by atoms with E-state index in [1.807, 2.05) is 24.3 Å². The first-order chi connectivity index (χ1) is 17.4. The number of imide groups is 1. The van der Waals surface area contributed by atoms with Crippen LogP contribution in [-0.4, -0.2) is 40.3 Å². The molecule has 0 unspecified atom stereocenters. The number of halogens is 1. The summed E-state index contributed by atoms with van der Waals surface area (Å²) in [6, 6.07) is 14.6. The van der Waals surface area contributed by atoms with Crippen molar-refractivity contribution in [2.45, 2.75) is 39.2 Å². The summed E-state index contributed by atoms with van der Waals surface area (Å²) in [5.74, 6) is -1.70. The normalized spacial score (nSPS) is 14.7. The molecule has 37 heavy (non-hydrogen) atoms. The fourth-order valence-electron chi connectivity index (χ4n) is 4.47. The summed E-state index contributed by atoms with van der Waals surface area (Å²) in [5, 5.41) is 23.8. The number of hydrogen-bond donors (Lipinski definition) is 4. The number of nitrogens with one attached hydrogen (secondary N) is 2. The van der Waals surface area contributed by atoms with Crippen LogP contribution in [0.15, 0.2) is 54.6 Å². The van der Waals surface area contributed by atoms with Gasteiger partial charge in [0.05, 0.1) is 23.3 Å². The molecule has 3 aromatic rings. The third-order valence-electron chi connectivity index (χ3n) is 6.53. The molecule has 0 saturated carbocycles. The maximum atomic E-state index is 14.9. The highest BCUT2D eigenvalue weighted by Gasteiger charge is 2.45. The van der Waals surface area contributed by atoms with Gasteiger partial charge in [0.1, 0.15) is 0 Å². The van der Waals surface area contributed by atoms with Crippen molar-refractivity contribution in [3.8, 4) is 22.9 Å². The number of pyridine rings is 1. The number of nitrogens with zero attached hydrogens (tertiary/aromatic N) is 1. The topological polar surface area (TPSA) is 121 Å². The van der Waals surface area contributed by atoms with E-state index in [9.17, 15) is 19.1 Å². The van der Waals surface area contributed by atoms with Crippen molar-refractivity contribution < 1.29 is 28.9 Å². The molecule has 4 N–H and O–H groups in total. The first kappa shape index (κ1) is 26.2. The van der Waals surface area contributed by atoms with Crippen LogP contribution in [0.4, 0.5) is 9.18 Å². The van der Waals surface area contributed by atoms with Crippen molar-refractivity contribution in [2.24, 2.45) is 5.41 Å². The number of para-hydroxylation sites is 1. The maximum absolute atomic E-state index is 14.9. The van der Waals surface area contributed by atoms with E-state index in [0.717, 1.165) is 11.1 Å². The average Bonchev–Trinajstić information content (AvgIpc) is 2.85. The predicted octanol–water partition coefficient (Wildman–Crippen LogP) is 4.20. The van der Waals surface area contributed by atoms with E-state index in [1.54, 1.807) is 52.0 Å². The van der Waals surface area contributed by atoms with Crippen LogP contribution in [0.5, 0.6) is 11.6 Å². The lowest BCUT2D eigenvalue weighted by molar-refractivity contribution is -0.128. The zero-order chi connectivity index (χ0) is 27.0. The third kappa shape index (κ3) is 5.19. The summed E-state index contributed by atoms with van der Waals surface area (Å²) < 4.78 is 20.8. The van der Waals surface area contributed by atoms with Gasteiger partial charge in [0, 0.05) is 29.2 Å². The number of amides is 3. The number of urea groups is 1. The van der Waals surface area contributed by atoms with Crippen LogP contribution in [0.1, 0.15) is 50.3 Å². The Labute approximate surface area is 214 Å². The Morgan fingerprint density at radius 2 is 1.73 bits per heavy atom. The standard InChI is InChI=1S/C28H30FN3O5/c1-27(2,25(34)32-26(35)30-14-15-33)22-18-6-5-7-20(29)23(18)37-24-19(22)12-13-21(31-24)16-8-10-17(11-9-16)28(3,4)36/h5-13,22,33,36H,14-15H2,1-4H3,(H2,30,32,34,35)/t22-/m0/s1. The lowest BCUT2D eigenvalue weighted by atomic mass is 9.69. The molecule has 2 aromatic carbocycles. The second kappa shape index (κ2) is 9.91. The quantitative estimate of drug-likeness (QED) is 0.397. The van der Waals surface area contributed by atoms with Crippen LogP contribution in [0.25, 0.3) is 11.3 Å². The molecule has 8 nitrogen and oxygen atoms in total. The molecule has 3 amide bonds.